The van der Waals surface area contributed by atoms with Gasteiger partial charge in [0.05, 0.1) is 0 Å². The minimum absolute atomic E-state index is 0.378. The van der Waals surface area contributed by atoms with Crippen LogP contribution in [-0.4, -0.2) is 35.1 Å². The zero-order chi connectivity index (χ0) is 18.8. The van der Waals surface area contributed by atoms with E-state index in [9.17, 15) is 9.59 Å². The number of rotatable bonds is 7. The second-order valence-electron chi connectivity index (χ2n) is 5.50. The topological polar surface area (TPSA) is 91.3 Å². The summed E-state index contributed by atoms with van der Waals surface area (Å²) in [5.41, 5.74) is 3.00. The molecule has 0 fully saturated rings. The van der Waals surface area contributed by atoms with Crippen LogP contribution in [0.25, 0.3) is 0 Å². The van der Waals surface area contributed by atoms with Crippen LogP contribution >= 0.6 is 0 Å². The van der Waals surface area contributed by atoms with Crippen molar-refractivity contribution in [2.45, 2.75) is 19.8 Å². The average molecular weight is 351 g/mol. The molecule has 0 aliphatic rings. The van der Waals surface area contributed by atoms with Crippen molar-refractivity contribution in [3.05, 3.63) is 59.4 Å². The van der Waals surface area contributed by atoms with Gasteiger partial charge in [-0.1, -0.05) is 18.9 Å². The van der Waals surface area contributed by atoms with Crippen LogP contribution in [0, 0.1) is 11.8 Å². The van der Waals surface area contributed by atoms with E-state index in [0.717, 1.165) is 16.9 Å². The van der Waals surface area contributed by atoms with Crippen LogP contribution in [0.2, 0.25) is 0 Å². The summed E-state index contributed by atoms with van der Waals surface area (Å²) < 4.78 is 0. The van der Waals surface area contributed by atoms with Crippen molar-refractivity contribution in [1.82, 2.24) is 10.3 Å². The highest BCUT2D eigenvalue weighted by atomic mass is 16.4. The number of aliphatic carboxylic acids is 1. The van der Waals surface area contributed by atoms with Crippen LogP contribution in [0.15, 0.2) is 42.6 Å². The molecule has 0 radical (unpaired) electrons. The third-order valence-electron chi connectivity index (χ3n) is 3.59. The van der Waals surface area contributed by atoms with E-state index in [1.54, 1.807) is 18.3 Å². The maximum atomic E-state index is 12.1. The SMILES string of the molecule is CCc1cc(NCCC#Cc2ccccn2)ccc1C(=O)NCC(=O)O. The van der Waals surface area contributed by atoms with E-state index in [1.165, 1.54) is 0 Å². The second-order valence-corrected chi connectivity index (χ2v) is 5.50. The van der Waals surface area contributed by atoms with Crippen molar-refractivity contribution in [1.29, 1.82) is 0 Å². The minimum Gasteiger partial charge on any atom is -0.480 e. The number of nitrogens with zero attached hydrogens (tertiary/aromatic N) is 1. The van der Waals surface area contributed by atoms with E-state index >= 15 is 0 Å². The van der Waals surface area contributed by atoms with Gasteiger partial charge in [-0.3, -0.25) is 9.59 Å². The molecular formula is C20H21N3O3. The highest BCUT2D eigenvalue weighted by molar-refractivity contribution is 5.97. The van der Waals surface area contributed by atoms with Gasteiger partial charge in [0.25, 0.3) is 5.91 Å². The molecule has 1 aromatic carbocycles. The molecule has 0 aliphatic heterocycles. The quantitative estimate of drug-likeness (QED) is 0.526. The van der Waals surface area contributed by atoms with Crippen LogP contribution in [0.1, 0.15) is 35.0 Å². The van der Waals surface area contributed by atoms with Crippen molar-refractivity contribution >= 4 is 17.6 Å². The van der Waals surface area contributed by atoms with Gasteiger partial charge in [0, 0.05) is 30.4 Å². The van der Waals surface area contributed by atoms with Gasteiger partial charge in [0.15, 0.2) is 0 Å². The molecule has 6 heteroatoms. The van der Waals surface area contributed by atoms with Crippen molar-refractivity contribution in [3.8, 4) is 11.8 Å². The van der Waals surface area contributed by atoms with Gasteiger partial charge in [-0.25, -0.2) is 4.98 Å². The van der Waals surface area contributed by atoms with E-state index in [0.29, 0.717) is 24.9 Å². The lowest BCUT2D eigenvalue weighted by Crippen LogP contribution is -2.29. The number of carboxylic acid groups (broad SMARTS) is 1. The fourth-order valence-electron chi connectivity index (χ4n) is 2.33. The molecule has 0 aliphatic carbocycles. The Morgan fingerprint density at radius 2 is 2.08 bits per heavy atom. The fourth-order valence-corrected chi connectivity index (χ4v) is 2.33. The molecule has 3 N–H and O–H groups in total. The highest BCUT2D eigenvalue weighted by Gasteiger charge is 2.11. The lowest BCUT2D eigenvalue weighted by atomic mass is 10.0. The number of amides is 1. The predicted molar refractivity (Wildman–Crippen MR) is 100 cm³/mol. The number of aryl methyl sites for hydroxylation is 1. The molecule has 6 nitrogen and oxygen atoms in total. The smallest absolute Gasteiger partial charge is 0.322 e. The summed E-state index contributed by atoms with van der Waals surface area (Å²) in [5.74, 6) is 4.62. The molecule has 1 heterocycles. The lowest BCUT2D eigenvalue weighted by Gasteiger charge is -2.11. The van der Waals surface area contributed by atoms with Crippen LogP contribution in [0.4, 0.5) is 5.69 Å². The number of benzene rings is 1. The Morgan fingerprint density at radius 3 is 2.77 bits per heavy atom. The molecule has 2 rings (SSSR count). The van der Waals surface area contributed by atoms with Gasteiger partial charge < -0.3 is 15.7 Å². The number of carbonyl (C=O) groups excluding carboxylic acids is 1. The van der Waals surface area contributed by atoms with Crippen LogP contribution in [-0.2, 0) is 11.2 Å². The number of aromatic nitrogens is 1. The fraction of sp³-hybridized carbons (Fsp3) is 0.250. The molecule has 0 bridgehead atoms. The summed E-state index contributed by atoms with van der Waals surface area (Å²) in [6.07, 6.45) is 3.05. The van der Waals surface area contributed by atoms with E-state index in [-0.39, 0.29) is 5.91 Å². The minimum atomic E-state index is -1.07. The molecule has 0 spiro atoms. The van der Waals surface area contributed by atoms with Gasteiger partial charge in [0.1, 0.15) is 12.2 Å². The predicted octanol–water partition coefficient (Wildman–Crippen LogP) is 2.31. The molecule has 0 saturated heterocycles. The monoisotopic (exact) mass is 351 g/mol. The van der Waals surface area contributed by atoms with Gasteiger partial charge in [0.2, 0.25) is 0 Å². The van der Waals surface area contributed by atoms with Crippen molar-refractivity contribution < 1.29 is 14.7 Å². The normalized spacial score (nSPS) is 9.73. The van der Waals surface area contributed by atoms with Crippen LogP contribution < -0.4 is 10.6 Å². The van der Waals surface area contributed by atoms with Crippen molar-refractivity contribution in [2.75, 3.05) is 18.4 Å². The van der Waals surface area contributed by atoms with Gasteiger partial charge in [-0.15, -0.1) is 0 Å². The van der Waals surface area contributed by atoms with Crippen molar-refractivity contribution in [3.63, 3.8) is 0 Å². The number of anilines is 1. The second kappa shape index (κ2) is 9.84. The first-order valence-electron chi connectivity index (χ1n) is 8.37. The van der Waals surface area contributed by atoms with Crippen LogP contribution in [0.3, 0.4) is 0 Å². The van der Waals surface area contributed by atoms with E-state index in [4.69, 9.17) is 5.11 Å². The van der Waals surface area contributed by atoms with E-state index in [2.05, 4.69) is 27.5 Å². The molecule has 134 valence electrons. The maximum Gasteiger partial charge on any atom is 0.322 e. The summed E-state index contributed by atoms with van der Waals surface area (Å²) in [6, 6.07) is 11.0. The standard InChI is InChI=1S/C20H21N3O3/c1-2-15-13-17(9-10-18(15)20(26)23-14-19(24)25)22-12-6-4-8-16-7-3-5-11-21-16/h3,5,7,9-11,13,22H,2,6,12,14H2,1H3,(H,23,26)(H,24,25). The van der Waals surface area contributed by atoms with E-state index < -0.39 is 12.5 Å². The Morgan fingerprint density at radius 1 is 1.23 bits per heavy atom. The first kappa shape index (κ1) is 19.0. The van der Waals surface area contributed by atoms with Gasteiger partial charge >= 0.3 is 5.97 Å². The summed E-state index contributed by atoms with van der Waals surface area (Å²) in [6.45, 7) is 2.23. The Kier molecular flexibility index (Phi) is 7.19. The third kappa shape index (κ3) is 5.95. The zero-order valence-electron chi connectivity index (χ0n) is 14.6. The molecule has 1 aromatic heterocycles. The average Bonchev–Trinajstić information content (AvgIpc) is 2.66. The Balaban J connectivity index is 1.91. The number of carbonyl (C=O) groups is 2. The molecule has 0 atom stereocenters. The largest absolute Gasteiger partial charge is 0.480 e. The Labute approximate surface area is 152 Å². The van der Waals surface area contributed by atoms with Crippen molar-refractivity contribution in [2.24, 2.45) is 0 Å². The molecule has 26 heavy (non-hydrogen) atoms. The molecule has 2 aromatic rings. The molecular weight excluding hydrogens is 330 g/mol. The van der Waals surface area contributed by atoms with E-state index in [1.807, 2.05) is 31.2 Å². The molecule has 0 unspecified atom stereocenters. The lowest BCUT2D eigenvalue weighted by molar-refractivity contribution is -0.135. The van der Waals surface area contributed by atoms with Gasteiger partial charge in [-0.05, 0) is 48.2 Å². The number of hydrogen-bond acceptors (Lipinski definition) is 4. The highest BCUT2D eigenvalue weighted by Crippen LogP contribution is 2.17. The summed E-state index contributed by atoms with van der Waals surface area (Å²) in [4.78, 5) is 26.8. The third-order valence-corrected chi connectivity index (χ3v) is 3.59. The number of hydrogen-bond donors (Lipinski definition) is 3. The number of carboxylic acids is 1. The Bertz CT molecular complexity index is 823. The summed E-state index contributed by atoms with van der Waals surface area (Å²) in [7, 11) is 0. The summed E-state index contributed by atoms with van der Waals surface area (Å²) in [5, 5.41) is 14.3. The van der Waals surface area contributed by atoms with Gasteiger partial charge in [-0.2, -0.15) is 0 Å². The zero-order valence-corrected chi connectivity index (χ0v) is 14.6. The molecule has 1 amide bonds. The Hall–Kier alpha value is -3.33. The number of nitrogens with one attached hydrogen (secondary N) is 2. The number of pyridine rings is 1. The summed E-state index contributed by atoms with van der Waals surface area (Å²) >= 11 is 0. The van der Waals surface area contributed by atoms with Crippen LogP contribution in [0.5, 0.6) is 0 Å². The maximum absolute atomic E-state index is 12.1. The first-order valence-corrected chi connectivity index (χ1v) is 8.37. The molecule has 0 saturated carbocycles. The first-order chi connectivity index (χ1) is 12.6.